The molecule has 4 aromatic rings. The number of aryl methyl sites for hydroxylation is 4. The summed E-state index contributed by atoms with van der Waals surface area (Å²) in [5.41, 5.74) is 14.7. The molecule has 11 aliphatic rings. The maximum absolute atomic E-state index is 8.31. The van der Waals surface area contributed by atoms with Gasteiger partial charge in [-0.15, -0.1) is 0 Å². The molecule has 24 unspecified atom stereocenters. The zero-order chi connectivity index (χ0) is 47.2. The Labute approximate surface area is 422 Å². The Morgan fingerprint density at radius 2 is 0.586 bits per heavy atom. The average molecular weight is 973 g/mol. The molecule has 6 aliphatic heterocycles. The van der Waals surface area contributed by atoms with Crippen molar-refractivity contribution in [2.75, 3.05) is 19.6 Å². The second kappa shape index (κ2) is 16.2. The standard InChI is InChI=1S/C62H78N4O2P2/c1-33-9-17-41(18-10-33)63-45-25-37(5)27-47-57(45)69-59-49(63)29-39(7)31-51(59)67-55-56-62-54(53(61(55)69)65(47)43-21-13-35(3)14-22-43)66(44-23-15-36(4)16-24-44)48-28-38(6)26-46-58(48)70(62)60-50(30-40(8)32-52(60)68-56)64(46)42-19-11-34(2)12-20-42/h9-24,37-40,45-62H,25-32H2,1-8H3. The fraction of sp³-hybridized carbons (Fsp3) is 0.613. The van der Waals surface area contributed by atoms with E-state index in [4.69, 9.17) is 9.47 Å². The van der Waals surface area contributed by atoms with E-state index in [1.54, 1.807) is 0 Å². The van der Waals surface area contributed by atoms with Crippen LogP contribution in [0.25, 0.3) is 0 Å². The zero-order valence-electron chi connectivity index (χ0n) is 43.1. The van der Waals surface area contributed by atoms with E-state index in [0.29, 0.717) is 118 Å². The lowest BCUT2D eigenvalue weighted by Crippen LogP contribution is -2.87. The highest BCUT2D eigenvalue weighted by molar-refractivity contribution is 7.61. The first-order valence-electron chi connectivity index (χ1n) is 28.2. The molecular weight excluding hydrogens is 895 g/mol. The van der Waals surface area contributed by atoms with E-state index in [0.717, 1.165) is 0 Å². The fourth-order valence-corrected chi connectivity index (χ4v) is 29.0. The summed E-state index contributed by atoms with van der Waals surface area (Å²) in [7, 11) is -0.858. The highest BCUT2D eigenvalue weighted by Gasteiger charge is 2.77. The molecule has 0 spiro atoms. The monoisotopic (exact) mass is 973 g/mol. The summed E-state index contributed by atoms with van der Waals surface area (Å²) in [4.78, 5) is 12.6. The third kappa shape index (κ3) is 6.30. The molecule has 6 heterocycles. The van der Waals surface area contributed by atoms with E-state index < -0.39 is 15.8 Å². The van der Waals surface area contributed by atoms with Crippen LogP contribution in [0.3, 0.4) is 0 Å². The van der Waals surface area contributed by atoms with Crippen molar-refractivity contribution in [3.63, 3.8) is 0 Å². The molecular formula is C62H78N4O2P2. The number of benzene rings is 4. The lowest BCUT2D eigenvalue weighted by Gasteiger charge is -2.79. The molecule has 0 radical (unpaired) electrons. The van der Waals surface area contributed by atoms with Gasteiger partial charge in [0.05, 0.1) is 36.5 Å². The van der Waals surface area contributed by atoms with Crippen LogP contribution < -0.4 is 19.6 Å². The Hall–Kier alpha value is -3.14. The number of ether oxygens (including phenoxy) is 2. The van der Waals surface area contributed by atoms with Crippen LogP contribution >= 0.6 is 15.8 Å². The van der Waals surface area contributed by atoms with Gasteiger partial charge in [0, 0.05) is 93.0 Å². The van der Waals surface area contributed by atoms with Crippen molar-refractivity contribution in [1.29, 1.82) is 0 Å². The summed E-state index contributed by atoms with van der Waals surface area (Å²) in [6.45, 7) is 19.5. The van der Waals surface area contributed by atoms with Crippen LogP contribution in [-0.4, -0.2) is 107 Å². The number of hydrogen-bond donors (Lipinski definition) is 0. The van der Waals surface area contributed by atoms with Gasteiger partial charge in [0.15, 0.2) is 0 Å². The van der Waals surface area contributed by atoms with Gasteiger partial charge in [0.2, 0.25) is 0 Å². The molecule has 0 N–H and O–H groups in total. The Morgan fingerprint density at radius 3 is 0.900 bits per heavy atom. The summed E-state index contributed by atoms with van der Waals surface area (Å²) in [6.07, 6.45) is 11.1. The maximum atomic E-state index is 8.31. The Morgan fingerprint density at radius 1 is 0.329 bits per heavy atom. The summed E-state index contributed by atoms with van der Waals surface area (Å²) in [5, 5.41) is 0. The highest BCUT2D eigenvalue weighted by Crippen LogP contribution is 2.79. The fourth-order valence-electron chi connectivity index (χ4n) is 19.0. The first-order chi connectivity index (χ1) is 34.0. The van der Waals surface area contributed by atoms with E-state index in [9.17, 15) is 0 Å². The van der Waals surface area contributed by atoms with Crippen molar-refractivity contribution in [3.8, 4) is 0 Å². The number of anilines is 4. The second-order valence-corrected chi connectivity index (χ2v) is 31.1. The van der Waals surface area contributed by atoms with Gasteiger partial charge in [-0.3, -0.25) is 0 Å². The Bertz CT molecular complexity index is 2450. The van der Waals surface area contributed by atoms with Gasteiger partial charge < -0.3 is 29.1 Å². The minimum absolute atomic E-state index is 0.149. The van der Waals surface area contributed by atoms with Crippen molar-refractivity contribution >= 4 is 38.6 Å². The van der Waals surface area contributed by atoms with Gasteiger partial charge >= 0.3 is 0 Å². The van der Waals surface area contributed by atoms with Crippen LogP contribution in [0.1, 0.15) is 101 Å². The Kier molecular flexibility index (Phi) is 10.3. The second-order valence-electron chi connectivity index (χ2n) is 25.8. The molecule has 5 aliphatic carbocycles. The number of rotatable bonds is 4. The Balaban J connectivity index is 0.981. The summed E-state index contributed by atoms with van der Waals surface area (Å²) in [6, 6.07) is 43.5. The average Bonchev–Trinajstić information content (AvgIpc) is 3.33. The van der Waals surface area contributed by atoms with Gasteiger partial charge in [-0.1, -0.05) is 114 Å². The summed E-state index contributed by atoms with van der Waals surface area (Å²) >= 11 is 0. The summed E-state index contributed by atoms with van der Waals surface area (Å²) < 4.78 is 16.6. The van der Waals surface area contributed by atoms with Crippen LogP contribution in [0.15, 0.2) is 97.1 Å². The third-order valence-corrected chi connectivity index (χ3v) is 29.2. The lowest BCUT2D eigenvalue weighted by molar-refractivity contribution is -0.171. The molecule has 11 fully saturated rings. The molecule has 6 saturated heterocycles. The highest BCUT2D eigenvalue weighted by atomic mass is 31.1. The van der Waals surface area contributed by atoms with Gasteiger partial charge in [0.25, 0.3) is 0 Å². The van der Waals surface area contributed by atoms with Crippen LogP contribution in [0.4, 0.5) is 22.7 Å². The van der Waals surface area contributed by atoms with E-state index in [-0.39, 0.29) is 12.2 Å². The third-order valence-electron chi connectivity index (χ3n) is 21.2. The zero-order valence-corrected chi connectivity index (χ0v) is 44.9. The van der Waals surface area contributed by atoms with Crippen molar-refractivity contribution in [3.05, 3.63) is 119 Å². The summed E-state index contributed by atoms with van der Waals surface area (Å²) in [5.74, 6) is 2.60. The SMILES string of the molecule is Cc1ccc(N2C3CC(C)CC4OC5C6OC7CC(C)CC8C7P7C9C(CC(C)CC9N(c9ccc(C)cc9)C(C9C5P(C43)C3C2CC(C)CC3N9c2ccc(C)cc2)C67)N8c2ccc(C)cc2)cc1. The molecule has 0 aromatic heterocycles. The van der Waals surface area contributed by atoms with E-state index in [1.807, 2.05) is 0 Å². The molecule has 4 aromatic carbocycles. The normalized spacial score (nSPS) is 46.7. The van der Waals surface area contributed by atoms with Gasteiger partial charge in [0.1, 0.15) is 0 Å². The van der Waals surface area contributed by atoms with Gasteiger partial charge in [-0.2, -0.15) is 0 Å². The number of nitrogens with zero attached hydrogens (tertiary/aromatic N) is 4. The molecule has 24 atom stereocenters. The van der Waals surface area contributed by atoms with Crippen LogP contribution in [0, 0.1) is 51.4 Å². The lowest BCUT2D eigenvalue weighted by atomic mass is 9.71. The van der Waals surface area contributed by atoms with Crippen molar-refractivity contribution < 1.29 is 9.47 Å². The molecule has 0 bridgehead atoms. The van der Waals surface area contributed by atoms with Crippen molar-refractivity contribution in [1.82, 2.24) is 0 Å². The van der Waals surface area contributed by atoms with Gasteiger partial charge in [-0.05, 0) is 151 Å². The number of hydrogen-bond acceptors (Lipinski definition) is 6. The molecule has 6 nitrogen and oxygen atoms in total. The minimum Gasteiger partial charge on any atom is -0.371 e. The molecule has 0 amide bonds. The van der Waals surface area contributed by atoms with Crippen molar-refractivity contribution in [2.24, 2.45) is 23.7 Å². The largest absolute Gasteiger partial charge is 0.371 e. The molecule has 8 heteroatoms. The van der Waals surface area contributed by atoms with E-state index in [2.05, 4.69) is 172 Å². The van der Waals surface area contributed by atoms with Gasteiger partial charge in [-0.25, -0.2) is 0 Å². The maximum Gasteiger partial charge on any atom is 0.0935 e. The molecule has 15 rings (SSSR count). The topological polar surface area (TPSA) is 31.4 Å². The van der Waals surface area contributed by atoms with E-state index in [1.165, 1.54) is 96.4 Å². The first kappa shape index (κ1) is 44.4. The van der Waals surface area contributed by atoms with Crippen LogP contribution in [0.5, 0.6) is 0 Å². The predicted octanol–water partition coefficient (Wildman–Crippen LogP) is 12.7. The molecule has 368 valence electrons. The van der Waals surface area contributed by atoms with Crippen LogP contribution in [0.2, 0.25) is 0 Å². The first-order valence-corrected chi connectivity index (χ1v) is 31.3. The number of fused-ring (bicyclic) bond motifs is 2. The molecule has 5 saturated carbocycles. The van der Waals surface area contributed by atoms with Crippen molar-refractivity contribution in [2.45, 2.75) is 213 Å². The van der Waals surface area contributed by atoms with E-state index >= 15 is 0 Å². The molecule has 70 heavy (non-hydrogen) atoms. The van der Waals surface area contributed by atoms with Crippen LogP contribution in [-0.2, 0) is 9.47 Å². The predicted molar refractivity (Wildman–Crippen MR) is 292 cm³/mol. The quantitative estimate of drug-likeness (QED) is 0.190. The smallest absolute Gasteiger partial charge is 0.0935 e. The minimum atomic E-state index is -0.429.